The summed E-state index contributed by atoms with van der Waals surface area (Å²) in [7, 11) is 0. The Morgan fingerprint density at radius 3 is 2.50 bits per heavy atom. The molecule has 8 heteroatoms. The van der Waals surface area contributed by atoms with Gasteiger partial charge < -0.3 is 24.3 Å². The van der Waals surface area contributed by atoms with Crippen molar-refractivity contribution in [1.82, 2.24) is 14.8 Å². The monoisotopic (exact) mass is 381 g/mol. The lowest BCUT2D eigenvalue weighted by molar-refractivity contribution is -0.131. The van der Waals surface area contributed by atoms with E-state index in [4.69, 9.17) is 9.52 Å². The summed E-state index contributed by atoms with van der Waals surface area (Å²) in [4.78, 5) is 42.5. The van der Waals surface area contributed by atoms with Crippen LogP contribution in [0.4, 0.5) is 0 Å². The van der Waals surface area contributed by atoms with Gasteiger partial charge in [-0.3, -0.25) is 9.59 Å². The third kappa shape index (κ3) is 3.36. The van der Waals surface area contributed by atoms with E-state index in [0.717, 1.165) is 22.7 Å². The van der Waals surface area contributed by atoms with Crippen LogP contribution in [0.1, 0.15) is 26.5 Å². The third-order valence-corrected chi connectivity index (χ3v) is 4.99. The van der Waals surface area contributed by atoms with Crippen LogP contribution in [0.2, 0.25) is 0 Å². The summed E-state index contributed by atoms with van der Waals surface area (Å²) >= 11 is 0. The molecule has 1 aliphatic heterocycles. The summed E-state index contributed by atoms with van der Waals surface area (Å²) in [6, 6.07) is 9.06. The van der Waals surface area contributed by atoms with Gasteiger partial charge in [0, 0.05) is 49.3 Å². The first-order valence-electron chi connectivity index (χ1n) is 8.97. The number of fused-ring (bicyclic) bond motifs is 1. The molecule has 0 saturated carbocycles. The highest BCUT2D eigenvalue weighted by Crippen LogP contribution is 2.19. The molecule has 0 atom stereocenters. The van der Waals surface area contributed by atoms with E-state index in [1.54, 1.807) is 9.80 Å². The minimum absolute atomic E-state index is 0.00373. The van der Waals surface area contributed by atoms with Crippen LogP contribution in [-0.4, -0.2) is 63.9 Å². The molecule has 0 bridgehead atoms. The molecule has 0 aliphatic carbocycles. The van der Waals surface area contributed by atoms with Gasteiger partial charge in [0.1, 0.15) is 6.26 Å². The molecule has 144 valence electrons. The summed E-state index contributed by atoms with van der Waals surface area (Å²) in [5.74, 6) is -1.49. The zero-order valence-electron chi connectivity index (χ0n) is 15.1. The van der Waals surface area contributed by atoms with Gasteiger partial charge in [0.05, 0.1) is 12.0 Å². The normalized spacial score (nSPS) is 14.4. The second kappa shape index (κ2) is 7.22. The van der Waals surface area contributed by atoms with Gasteiger partial charge in [-0.2, -0.15) is 0 Å². The van der Waals surface area contributed by atoms with Gasteiger partial charge >= 0.3 is 5.97 Å². The molecule has 8 nitrogen and oxygen atoms in total. The van der Waals surface area contributed by atoms with Crippen molar-refractivity contribution in [2.24, 2.45) is 0 Å². The van der Waals surface area contributed by atoms with Crippen LogP contribution in [-0.2, 0) is 11.2 Å². The van der Waals surface area contributed by atoms with E-state index in [2.05, 4.69) is 4.98 Å². The summed E-state index contributed by atoms with van der Waals surface area (Å²) < 4.78 is 5.07. The molecule has 0 radical (unpaired) electrons. The second-order valence-electron chi connectivity index (χ2n) is 6.71. The van der Waals surface area contributed by atoms with E-state index in [1.807, 2.05) is 30.5 Å². The highest BCUT2D eigenvalue weighted by atomic mass is 16.4. The van der Waals surface area contributed by atoms with Crippen molar-refractivity contribution in [2.75, 3.05) is 26.2 Å². The van der Waals surface area contributed by atoms with E-state index >= 15 is 0 Å². The number of nitrogens with one attached hydrogen (secondary N) is 1. The Kier molecular flexibility index (Phi) is 4.60. The summed E-state index contributed by atoms with van der Waals surface area (Å²) in [6.45, 7) is 1.61. The molecule has 1 fully saturated rings. The molecule has 0 spiro atoms. The van der Waals surface area contributed by atoms with Crippen molar-refractivity contribution in [3.8, 4) is 0 Å². The molecule has 4 rings (SSSR count). The molecule has 1 saturated heterocycles. The predicted molar refractivity (Wildman–Crippen MR) is 100 cm³/mol. The maximum absolute atomic E-state index is 12.7. The number of carboxylic acids is 1. The Hall–Kier alpha value is -3.55. The van der Waals surface area contributed by atoms with Crippen LogP contribution in [0.15, 0.2) is 47.2 Å². The van der Waals surface area contributed by atoms with Gasteiger partial charge in [-0.25, -0.2) is 4.79 Å². The number of carbonyl (C=O) groups is 3. The van der Waals surface area contributed by atoms with Gasteiger partial charge in [-0.15, -0.1) is 0 Å². The summed E-state index contributed by atoms with van der Waals surface area (Å²) in [6.07, 6.45) is 3.22. The summed E-state index contributed by atoms with van der Waals surface area (Å²) in [5, 5.41) is 9.96. The smallest absolute Gasteiger partial charge is 0.338 e. The molecule has 0 unspecified atom stereocenters. The molecule has 2 amide bonds. The summed E-state index contributed by atoms with van der Waals surface area (Å²) in [5.41, 5.74) is 1.90. The Morgan fingerprint density at radius 1 is 1.07 bits per heavy atom. The number of nitrogens with zero attached hydrogens (tertiary/aromatic N) is 2. The molecule has 28 heavy (non-hydrogen) atoms. The van der Waals surface area contributed by atoms with Gasteiger partial charge in [-0.05, 0) is 11.6 Å². The molecule has 1 aliphatic rings. The lowest BCUT2D eigenvalue weighted by atomic mass is 10.1. The molecular weight excluding hydrogens is 362 g/mol. The van der Waals surface area contributed by atoms with Crippen molar-refractivity contribution in [3.05, 3.63) is 59.7 Å². The third-order valence-electron chi connectivity index (χ3n) is 4.99. The van der Waals surface area contributed by atoms with Crippen LogP contribution >= 0.6 is 0 Å². The number of aromatic carboxylic acids is 1. The van der Waals surface area contributed by atoms with E-state index in [0.29, 0.717) is 32.6 Å². The highest BCUT2D eigenvalue weighted by Gasteiger charge is 2.27. The van der Waals surface area contributed by atoms with E-state index in [-0.39, 0.29) is 23.1 Å². The number of carboxylic acid groups (broad SMARTS) is 1. The quantitative estimate of drug-likeness (QED) is 0.719. The van der Waals surface area contributed by atoms with Gasteiger partial charge in [-0.1, -0.05) is 18.2 Å². The van der Waals surface area contributed by atoms with Crippen LogP contribution in [0.25, 0.3) is 10.9 Å². The number of furan rings is 1. The Morgan fingerprint density at radius 2 is 1.79 bits per heavy atom. The number of H-pyrrole nitrogens is 1. The minimum atomic E-state index is -1.14. The van der Waals surface area contributed by atoms with Crippen molar-refractivity contribution in [2.45, 2.75) is 6.42 Å². The Labute approximate surface area is 160 Å². The highest BCUT2D eigenvalue weighted by molar-refractivity contribution is 5.95. The molecular formula is C20H19N3O5. The predicted octanol–water partition coefficient (Wildman–Crippen LogP) is 1.99. The first-order chi connectivity index (χ1) is 13.5. The molecule has 3 heterocycles. The fourth-order valence-corrected chi connectivity index (χ4v) is 3.43. The van der Waals surface area contributed by atoms with Crippen molar-refractivity contribution < 1.29 is 23.9 Å². The number of aromatic amines is 1. The van der Waals surface area contributed by atoms with Crippen LogP contribution in [0, 0.1) is 0 Å². The van der Waals surface area contributed by atoms with Crippen molar-refractivity contribution in [1.29, 1.82) is 0 Å². The van der Waals surface area contributed by atoms with Gasteiger partial charge in [0.15, 0.2) is 5.76 Å². The number of hydrogen-bond donors (Lipinski definition) is 2. The average molecular weight is 381 g/mol. The number of para-hydroxylation sites is 1. The largest absolute Gasteiger partial charge is 0.478 e. The van der Waals surface area contributed by atoms with E-state index < -0.39 is 5.97 Å². The standard InChI is InChI=1S/C20H19N3O5/c24-18(10-13-11-21-16-4-2-1-3-15(13)16)22-5-7-23(8-6-22)19(25)17-9-14(12-28-17)20(26)27/h1-4,9,11-12,21H,5-8,10H2,(H,26,27). The molecule has 1 aromatic carbocycles. The van der Waals surface area contributed by atoms with Crippen LogP contribution < -0.4 is 0 Å². The van der Waals surface area contributed by atoms with Crippen molar-refractivity contribution >= 4 is 28.7 Å². The average Bonchev–Trinajstić information content (AvgIpc) is 3.36. The number of aromatic nitrogens is 1. The first-order valence-corrected chi connectivity index (χ1v) is 8.97. The fourth-order valence-electron chi connectivity index (χ4n) is 3.43. The van der Waals surface area contributed by atoms with Crippen LogP contribution in [0.3, 0.4) is 0 Å². The molecule has 2 N–H and O–H groups in total. The lowest BCUT2D eigenvalue weighted by Crippen LogP contribution is -2.50. The first kappa shape index (κ1) is 17.8. The Balaban J connectivity index is 1.36. The number of carbonyl (C=O) groups excluding carboxylic acids is 2. The zero-order valence-corrected chi connectivity index (χ0v) is 15.1. The molecule has 3 aromatic rings. The maximum atomic E-state index is 12.7. The fraction of sp³-hybridized carbons (Fsp3) is 0.250. The number of piperazine rings is 1. The Bertz CT molecular complexity index is 1040. The number of rotatable bonds is 4. The number of benzene rings is 1. The second-order valence-corrected chi connectivity index (χ2v) is 6.71. The number of hydrogen-bond acceptors (Lipinski definition) is 4. The van der Waals surface area contributed by atoms with Gasteiger partial charge in [0.25, 0.3) is 5.91 Å². The number of amides is 2. The lowest BCUT2D eigenvalue weighted by Gasteiger charge is -2.34. The zero-order chi connectivity index (χ0) is 19.7. The van der Waals surface area contributed by atoms with Crippen LogP contribution in [0.5, 0.6) is 0 Å². The van der Waals surface area contributed by atoms with Crippen molar-refractivity contribution in [3.63, 3.8) is 0 Å². The molecule has 2 aromatic heterocycles. The van der Waals surface area contributed by atoms with E-state index in [9.17, 15) is 14.4 Å². The van der Waals surface area contributed by atoms with Gasteiger partial charge in [0.2, 0.25) is 5.91 Å². The maximum Gasteiger partial charge on any atom is 0.338 e. The topological polar surface area (TPSA) is 107 Å². The SMILES string of the molecule is O=C(O)c1coc(C(=O)N2CCN(C(=O)Cc3c[nH]c4ccccc34)CC2)c1. The minimum Gasteiger partial charge on any atom is -0.478 e. The van der Waals surface area contributed by atoms with E-state index in [1.165, 1.54) is 6.07 Å².